The molecule has 2 spiro atoms. The summed E-state index contributed by atoms with van der Waals surface area (Å²) in [6.07, 6.45) is 8.13. The van der Waals surface area contributed by atoms with E-state index in [1.807, 2.05) is 24.3 Å². The van der Waals surface area contributed by atoms with E-state index in [1.165, 1.54) is 21.4 Å². The topological polar surface area (TPSA) is 200 Å². The Hall–Kier alpha value is -5.20. The minimum absolute atomic E-state index is 0.00283. The number of carbonyl (C=O) groups is 5. The number of halogens is 3. The normalized spacial score (nSPS) is 28.8. The molecule has 2 aromatic heterocycles. The first-order valence-corrected chi connectivity index (χ1v) is 25.4. The monoisotopic (exact) mass is 999 g/mol. The third-order valence-corrected chi connectivity index (χ3v) is 17.4. The number of fused-ring (bicyclic) bond motifs is 4. The number of nitrogens with zero attached hydrogens (tertiary/aromatic N) is 5. The van der Waals surface area contributed by atoms with Crippen molar-refractivity contribution in [1.29, 1.82) is 0 Å². The lowest BCUT2D eigenvalue weighted by atomic mass is 9.53. The van der Waals surface area contributed by atoms with Gasteiger partial charge in [0.1, 0.15) is 17.5 Å². The fraction of sp³-hybridized carbons (Fsp3) is 0.549. The lowest BCUT2D eigenvalue weighted by Crippen LogP contribution is -2.61. The van der Waals surface area contributed by atoms with Crippen molar-refractivity contribution in [2.75, 3.05) is 38.0 Å². The standard InChI is InChI=1S/C51H60Cl2FN9O7/c1-49(2)16-18-50(19-17-49)51(33-10-7-30(52)25-34(33)57-47(51)69)40(32-14-20-55-43(53)41(32)54)42(59-50)45(66)56-31-8-4-29(5-9-31)26-62-23-22-61(27-38(62)46(67)68)21-15-28-6-11-35-37(24-28)60(3)48(70)63(35)36-12-13-39(64)58-44(36)65/h6-7,10-11,14,20,24-25,29,31,36,38,40,42,59H,4-5,8-9,12-13,15-19,21-23,26-27H2,1-3H3,(H,56,66)(H,57,69)(H,67,68)(H,58,64,65)/t29?,31?,36?,38-,40+,42-,51-/m1/s1. The maximum absolute atomic E-state index is 16.4. The highest BCUT2D eigenvalue weighted by atomic mass is 35.5. The zero-order valence-electron chi connectivity index (χ0n) is 39.7. The lowest BCUT2D eigenvalue weighted by molar-refractivity contribution is -0.146. The molecule has 4 amide bonds. The van der Waals surface area contributed by atoms with Crippen LogP contribution in [0.1, 0.15) is 107 Å². The second-order valence-electron chi connectivity index (χ2n) is 21.4. The van der Waals surface area contributed by atoms with Crippen LogP contribution in [0.5, 0.6) is 0 Å². The van der Waals surface area contributed by atoms with Crippen LogP contribution in [0, 0.1) is 17.2 Å². The number of carboxylic acids is 1. The summed E-state index contributed by atoms with van der Waals surface area (Å²) < 4.78 is 19.4. The largest absolute Gasteiger partial charge is 0.480 e. The Morgan fingerprint density at radius 2 is 1.69 bits per heavy atom. The van der Waals surface area contributed by atoms with Gasteiger partial charge in [0.25, 0.3) is 0 Å². The molecule has 5 fully saturated rings. The highest BCUT2D eigenvalue weighted by Gasteiger charge is 2.73. The molecule has 3 saturated heterocycles. The number of rotatable bonds is 10. The number of aryl methyl sites for hydroxylation is 1. The second kappa shape index (κ2) is 18.4. The molecule has 6 aliphatic rings. The van der Waals surface area contributed by atoms with Gasteiger partial charge in [-0.2, -0.15) is 0 Å². The predicted molar refractivity (Wildman–Crippen MR) is 261 cm³/mol. The minimum atomic E-state index is -1.37. The van der Waals surface area contributed by atoms with E-state index in [0.29, 0.717) is 92.1 Å². The van der Waals surface area contributed by atoms with Crippen molar-refractivity contribution in [3.05, 3.63) is 91.8 Å². The van der Waals surface area contributed by atoms with Crippen molar-refractivity contribution in [3.8, 4) is 0 Å². The number of piperazine rings is 1. The molecule has 70 heavy (non-hydrogen) atoms. The van der Waals surface area contributed by atoms with Gasteiger partial charge in [-0.15, -0.1) is 0 Å². The van der Waals surface area contributed by atoms with Crippen LogP contribution in [-0.4, -0.2) is 115 Å². The summed E-state index contributed by atoms with van der Waals surface area (Å²) in [6.45, 7) is 7.30. The molecule has 4 aliphatic heterocycles. The molecule has 5 atom stereocenters. The number of imidazole rings is 1. The van der Waals surface area contributed by atoms with Crippen LogP contribution in [0.3, 0.4) is 0 Å². The molecule has 5 N–H and O–H groups in total. The number of benzene rings is 2. The highest BCUT2D eigenvalue weighted by molar-refractivity contribution is 6.31. The molecule has 6 heterocycles. The van der Waals surface area contributed by atoms with Crippen LogP contribution in [0.4, 0.5) is 10.1 Å². The summed E-state index contributed by atoms with van der Waals surface area (Å²) in [5.41, 5.74) is 1.06. The lowest BCUT2D eigenvalue weighted by Gasteiger charge is -2.50. The zero-order valence-corrected chi connectivity index (χ0v) is 41.2. The van der Waals surface area contributed by atoms with Crippen molar-refractivity contribution in [3.63, 3.8) is 0 Å². The number of imide groups is 1. The Bertz CT molecular complexity index is 2850. The molecule has 0 bridgehead atoms. The molecular formula is C51H60Cl2FN9O7. The fourth-order valence-corrected chi connectivity index (χ4v) is 13.4. The van der Waals surface area contributed by atoms with Crippen LogP contribution < -0.4 is 27.0 Å². The van der Waals surface area contributed by atoms with E-state index in [9.17, 15) is 33.9 Å². The average Bonchev–Trinajstić information content (AvgIpc) is 3.88. The number of anilines is 1. The number of pyridine rings is 1. The Labute approximate surface area is 415 Å². The molecule has 372 valence electrons. The molecule has 2 saturated carbocycles. The van der Waals surface area contributed by atoms with Crippen LogP contribution in [-0.2, 0) is 42.9 Å². The Kier molecular flexibility index (Phi) is 12.8. The molecule has 4 aromatic rings. The molecular weight excluding hydrogens is 941 g/mol. The summed E-state index contributed by atoms with van der Waals surface area (Å²) in [6, 6.07) is 9.92. The number of amides is 4. The number of carbonyl (C=O) groups excluding carboxylic acids is 4. The van der Waals surface area contributed by atoms with E-state index in [4.69, 9.17) is 23.2 Å². The van der Waals surface area contributed by atoms with Gasteiger partial charge in [-0.05, 0) is 123 Å². The van der Waals surface area contributed by atoms with Gasteiger partial charge >= 0.3 is 11.7 Å². The molecule has 19 heteroatoms. The van der Waals surface area contributed by atoms with Gasteiger partial charge in [0.15, 0.2) is 11.0 Å². The number of carboxylic acid groups (broad SMARTS) is 1. The molecule has 10 rings (SSSR count). The van der Waals surface area contributed by atoms with Crippen molar-refractivity contribution in [1.82, 2.24) is 39.9 Å². The molecule has 2 aliphatic carbocycles. The third kappa shape index (κ3) is 8.32. The maximum Gasteiger partial charge on any atom is 0.329 e. The summed E-state index contributed by atoms with van der Waals surface area (Å²) in [7, 11) is 1.67. The van der Waals surface area contributed by atoms with Crippen LogP contribution >= 0.6 is 23.2 Å². The number of nitrogens with one attached hydrogen (secondary N) is 4. The number of hydrogen-bond acceptors (Lipinski definition) is 10. The molecule has 1 unspecified atom stereocenters. The van der Waals surface area contributed by atoms with E-state index in [1.54, 1.807) is 19.2 Å². The smallest absolute Gasteiger partial charge is 0.329 e. The predicted octanol–water partition coefficient (Wildman–Crippen LogP) is 5.43. The maximum atomic E-state index is 16.4. The molecule has 0 radical (unpaired) electrons. The zero-order chi connectivity index (χ0) is 49.4. The van der Waals surface area contributed by atoms with Gasteiger partial charge in [-0.1, -0.05) is 49.2 Å². The van der Waals surface area contributed by atoms with Gasteiger partial charge in [-0.3, -0.25) is 53.5 Å². The van der Waals surface area contributed by atoms with Crippen molar-refractivity contribution in [2.45, 2.75) is 126 Å². The number of hydrogen-bond donors (Lipinski definition) is 5. The minimum Gasteiger partial charge on any atom is -0.480 e. The first-order chi connectivity index (χ1) is 33.4. The van der Waals surface area contributed by atoms with Gasteiger partial charge < -0.3 is 15.7 Å². The molecule has 2 aromatic carbocycles. The first-order valence-electron chi connectivity index (χ1n) is 24.6. The number of piperidine rings is 1. The van der Waals surface area contributed by atoms with Crippen molar-refractivity contribution >= 4 is 69.5 Å². The Morgan fingerprint density at radius 1 is 0.929 bits per heavy atom. The third-order valence-electron chi connectivity index (χ3n) is 16.9. The van der Waals surface area contributed by atoms with Gasteiger partial charge in [0.2, 0.25) is 23.6 Å². The quantitative estimate of drug-likeness (QED) is 0.100. The van der Waals surface area contributed by atoms with Crippen LogP contribution in [0.25, 0.3) is 11.0 Å². The Morgan fingerprint density at radius 3 is 2.41 bits per heavy atom. The first kappa shape index (κ1) is 48.4. The summed E-state index contributed by atoms with van der Waals surface area (Å²) >= 11 is 12.8. The second-order valence-corrected chi connectivity index (χ2v) is 22.2. The van der Waals surface area contributed by atoms with E-state index in [2.05, 4.69) is 49.9 Å². The van der Waals surface area contributed by atoms with Crippen molar-refractivity contribution in [2.24, 2.45) is 18.4 Å². The van der Waals surface area contributed by atoms with Gasteiger partial charge in [-0.25, -0.2) is 14.2 Å². The Balaban J connectivity index is 0.796. The van der Waals surface area contributed by atoms with E-state index in [0.717, 1.165) is 31.2 Å². The SMILES string of the molecule is Cn1c(=O)n(C2CCC(=O)NC2=O)c2ccc(CCN3CCN(CC4CCC(NC(=O)[C@@H]5NC6(CCC(C)(C)CC6)[C@@]6(C(=O)Nc7cc(Cl)ccc76)[C@H]5c5ccnc(Cl)c5F)CC4)[C@@H](C(=O)O)C3)cc21. The summed E-state index contributed by atoms with van der Waals surface area (Å²) in [5, 5.41) is 23.0. The number of aromatic nitrogens is 3. The average molecular weight is 1000 g/mol. The van der Waals surface area contributed by atoms with Crippen LogP contribution in [0.2, 0.25) is 10.2 Å². The summed E-state index contributed by atoms with van der Waals surface area (Å²) in [4.78, 5) is 88.5. The van der Waals surface area contributed by atoms with Gasteiger partial charge in [0, 0.05) is 80.6 Å². The number of aliphatic carboxylic acids is 1. The summed E-state index contributed by atoms with van der Waals surface area (Å²) in [5.74, 6) is -3.83. The fourth-order valence-electron chi connectivity index (χ4n) is 13.1. The van der Waals surface area contributed by atoms with E-state index < -0.39 is 52.7 Å². The van der Waals surface area contributed by atoms with Crippen molar-refractivity contribution < 1.29 is 33.5 Å². The molecule has 16 nitrogen and oxygen atoms in total. The van der Waals surface area contributed by atoms with E-state index in [-0.39, 0.29) is 64.3 Å². The van der Waals surface area contributed by atoms with E-state index >= 15 is 4.39 Å². The van der Waals surface area contributed by atoms with Crippen LogP contribution in [0.15, 0.2) is 53.5 Å². The highest BCUT2D eigenvalue weighted by Crippen LogP contribution is 2.64. The van der Waals surface area contributed by atoms with Gasteiger partial charge in [0.05, 0.1) is 17.1 Å².